The van der Waals surface area contributed by atoms with Crippen LogP contribution in [0.15, 0.2) is 247 Å². The molecule has 1 aromatic heterocycles. The lowest BCUT2D eigenvalue weighted by Gasteiger charge is -2.29. The number of benzene rings is 12. The van der Waals surface area contributed by atoms with Gasteiger partial charge >= 0.3 is 0 Å². The smallest absolute Gasteiger partial charge is 0.135 e. The molecule has 326 valence electrons. The van der Waals surface area contributed by atoms with Gasteiger partial charge in [0, 0.05) is 55.1 Å². The van der Waals surface area contributed by atoms with E-state index in [9.17, 15) is 0 Å². The third-order valence-corrected chi connectivity index (χ3v) is 13.8. The monoisotopic (exact) mass is 882 g/mol. The predicted molar refractivity (Wildman–Crippen MR) is 293 cm³/mol. The molecule has 0 fully saturated rings. The Hall–Kier alpha value is -8.92. The maximum atomic E-state index is 6.69. The van der Waals surface area contributed by atoms with Crippen molar-refractivity contribution in [1.29, 1.82) is 0 Å². The fraction of sp³-hybridized carbons (Fsp3) is 0.0303. The molecule has 0 aliphatic carbocycles. The van der Waals surface area contributed by atoms with E-state index < -0.39 is 0 Å². The number of rotatable bonds is 8. The van der Waals surface area contributed by atoms with Crippen LogP contribution in [0.3, 0.4) is 0 Å². The topological polar surface area (TPSA) is 19.6 Å². The van der Waals surface area contributed by atoms with Crippen LogP contribution in [-0.2, 0) is 0 Å². The van der Waals surface area contributed by atoms with Crippen LogP contribution in [0.25, 0.3) is 87.3 Å². The first-order valence-electron chi connectivity index (χ1n) is 23.7. The van der Waals surface area contributed by atoms with Crippen molar-refractivity contribution in [1.82, 2.24) is 0 Å². The summed E-state index contributed by atoms with van der Waals surface area (Å²) in [6.45, 7) is 4.33. The van der Waals surface area contributed by atoms with Gasteiger partial charge in [-0.05, 0) is 142 Å². The number of anilines is 6. The molecule has 0 saturated heterocycles. The van der Waals surface area contributed by atoms with Crippen molar-refractivity contribution in [3.8, 4) is 22.3 Å². The predicted octanol–water partition coefficient (Wildman–Crippen LogP) is 19.1. The quantitative estimate of drug-likeness (QED) is 0.142. The first-order chi connectivity index (χ1) is 34.1. The molecule has 0 aliphatic rings. The van der Waals surface area contributed by atoms with Gasteiger partial charge in [-0.3, -0.25) is 0 Å². The summed E-state index contributed by atoms with van der Waals surface area (Å²) in [7, 11) is 0. The number of para-hydroxylation sites is 2. The second-order valence-corrected chi connectivity index (χ2v) is 18.2. The van der Waals surface area contributed by atoms with Gasteiger partial charge < -0.3 is 14.2 Å². The molecule has 0 unspecified atom stereocenters. The minimum Gasteiger partial charge on any atom is -0.456 e. The second kappa shape index (κ2) is 16.4. The van der Waals surface area contributed by atoms with Gasteiger partial charge in [-0.25, -0.2) is 0 Å². The highest BCUT2D eigenvalue weighted by molar-refractivity contribution is 6.25. The number of furan rings is 1. The highest BCUT2D eigenvalue weighted by Gasteiger charge is 2.25. The zero-order valence-electron chi connectivity index (χ0n) is 38.4. The molecule has 0 saturated carbocycles. The number of fused-ring (bicyclic) bond motifs is 7. The van der Waals surface area contributed by atoms with E-state index in [4.69, 9.17) is 4.42 Å². The van der Waals surface area contributed by atoms with E-state index in [0.29, 0.717) is 0 Å². The lowest BCUT2D eigenvalue weighted by molar-refractivity contribution is 0.669. The van der Waals surface area contributed by atoms with Gasteiger partial charge in [-0.15, -0.1) is 0 Å². The summed E-state index contributed by atoms with van der Waals surface area (Å²) in [4.78, 5) is 4.86. The van der Waals surface area contributed by atoms with Crippen molar-refractivity contribution < 1.29 is 4.42 Å². The van der Waals surface area contributed by atoms with E-state index in [-0.39, 0.29) is 0 Å². The Bertz CT molecular complexity index is 3730. The Kier molecular flexibility index (Phi) is 9.62. The maximum Gasteiger partial charge on any atom is 0.135 e. The van der Waals surface area contributed by atoms with Gasteiger partial charge in [-0.2, -0.15) is 0 Å². The molecule has 0 bridgehead atoms. The molecule has 1 heterocycles. The summed E-state index contributed by atoms with van der Waals surface area (Å²) in [5.41, 5.74) is 15.7. The van der Waals surface area contributed by atoms with Gasteiger partial charge in [-0.1, -0.05) is 170 Å². The third-order valence-electron chi connectivity index (χ3n) is 13.8. The summed E-state index contributed by atoms with van der Waals surface area (Å²) < 4.78 is 6.69. The minimum atomic E-state index is 0.868. The summed E-state index contributed by atoms with van der Waals surface area (Å²) in [6.07, 6.45) is 0. The first kappa shape index (κ1) is 40.4. The van der Waals surface area contributed by atoms with E-state index in [1.54, 1.807) is 0 Å². The SMILES string of the molecule is Cc1cccc(N(c2ccccc2)c2c3ccccc3c(-c3ccc4oc5ccc(-c6c7ccccc7c(N(c7ccccc7)c7cccc(C)c7)c7ccccc67)cc5c4c3)c3ccccc23)c1. The van der Waals surface area contributed by atoms with E-state index >= 15 is 0 Å². The Morgan fingerprint density at radius 3 is 0.928 bits per heavy atom. The van der Waals surface area contributed by atoms with Gasteiger partial charge in [0.25, 0.3) is 0 Å². The normalized spacial score (nSPS) is 11.6. The molecule has 13 rings (SSSR count). The van der Waals surface area contributed by atoms with Crippen LogP contribution in [0, 0.1) is 13.8 Å². The van der Waals surface area contributed by atoms with Crippen LogP contribution in [-0.4, -0.2) is 0 Å². The van der Waals surface area contributed by atoms with Crippen molar-refractivity contribution in [3.05, 3.63) is 254 Å². The Balaban J connectivity index is 1.03. The highest BCUT2D eigenvalue weighted by Crippen LogP contribution is 2.51. The molecular formula is C66H46N2O. The molecule has 0 amide bonds. The number of hydrogen-bond acceptors (Lipinski definition) is 3. The Labute approximate surface area is 401 Å². The second-order valence-electron chi connectivity index (χ2n) is 18.2. The van der Waals surface area contributed by atoms with Crippen LogP contribution in [0.1, 0.15) is 11.1 Å². The zero-order valence-corrected chi connectivity index (χ0v) is 38.4. The summed E-state index contributed by atoms with van der Waals surface area (Å²) in [6, 6.07) is 88.2. The van der Waals surface area contributed by atoms with Crippen LogP contribution in [0.2, 0.25) is 0 Å². The van der Waals surface area contributed by atoms with Crippen molar-refractivity contribution in [2.24, 2.45) is 0 Å². The molecule has 12 aromatic carbocycles. The van der Waals surface area contributed by atoms with E-state index in [1.807, 2.05) is 0 Å². The highest BCUT2D eigenvalue weighted by atomic mass is 16.3. The average Bonchev–Trinajstić information content (AvgIpc) is 3.76. The van der Waals surface area contributed by atoms with Gasteiger partial charge in [0.15, 0.2) is 0 Å². The number of hydrogen-bond donors (Lipinski definition) is 0. The van der Waals surface area contributed by atoms with Crippen LogP contribution in [0.4, 0.5) is 34.1 Å². The number of nitrogens with zero attached hydrogens (tertiary/aromatic N) is 2. The molecule has 69 heavy (non-hydrogen) atoms. The van der Waals surface area contributed by atoms with Crippen molar-refractivity contribution >= 4 is 99.2 Å². The molecule has 0 aliphatic heterocycles. The fourth-order valence-corrected chi connectivity index (χ4v) is 10.9. The van der Waals surface area contributed by atoms with Crippen LogP contribution >= 0.6 is 0 Å². The molecule has 3 heteroatoms. The third kappa shape index (κ3) is 6.73. The van der Waals surface area contributed by atoms with Crippen molar-refractivity contribution in [3.63, 3.8) is 0 Å². The standard InChI is InChI=1S/C66H46N2O/c1-43-19-17-25-49(39-43)67(47-21-5-3-6-22-47)65-55-31-13-9-27-51(55)63(52-28-10-14-32-56(52)65)45-35-37-61-59(41-45)60-42-46(36-38-62(60)69-61)64-53-29-11-15-33-57(53)66(58-34-16-12-30-54(58)64)68(48-23-7-4-8-24-48)50-26-18-20-44(2)40-50/h3-42H,1-2H3. The van der Waals surface area contributed by atoms with Gasteiger partial charge in [0.1, 0.15) is 11.2 Å². The first-order valence-corrected chi connectivity index (χ1v) is 23.7. The van der Waals surface area contributed by atoms with E-state index in [2.05, 4.69) is 266 Å². The fourth-order valence-electron chi connectivity index (χ4n) is 10.9. The van der Waals surface area contributed by atoms with Gasteiger partial charge in [0.2, 0.25) is 0 Å². The molecular weight excluding hydrogens is 837 g/mol. The Morgan fingerprint density at radius 1 is 0.261 bits per heavy atom. The molecule has 0 spiro atoms. The van der Waals surface area contributed by atoms with E-state index in [1.165, 1.54) is 65.3 Å². The minimum absolute atomic E-state index is 0.868. The Morgan fingerprint density at radius 2 is 0.580 bits per heavy atom. The molecule has 0 atom stereocenters. The molecule has 0 radical (unpaired) electrons. The van der Waals surface area contributed by atoms with Crippen LogP contribution in [0.5, 0.6) is 0 Å². The zero-order chi connectivity index (χ0) is 46.0. The van der Waals surface area contributed by atoms with Crippen molar-refractivity contribution in [2.75, 3.05) is 9.80 Å². The lowest BCUT2D eigenvalue weighted by Crippen LogP contribution is -2.11. The summed E-state index contributed by atoms with van der Waals surface area (Å²) in [5, 5.41) is 11.7. The van der Waals surface area contributed by atoms with Gasteiger partial charge in [0.05, 0.1) is 11.4 Å². The average molecular weight is 883 g/mol. The molecule has 13 aromatic rings. The van der Waals surface area contributed by atoms with Crippen LogP contribution < -0.4 is 9.80 Å². The summed E-state index contributed by atoms with van der Waals surface area (Å²) in [5.74, 6) is 0. The maximum absolute atomic E-state index is 6.69. The van der Waals surface area contributed by atoms with Crippen molar-refractivity contribution in [2.45, 2.75) is 13.8 Å². The lowest BCUT2D eigenvalue weighted by atomic mass is 9.88. The van der Waals surface area contributed by atoms with E-state index in [0.717, 1.165) is 67.2 Å². The summed E-state index contributed by atoms with van der Waals surface area (Å²) >= 11 is 0. The molecule has 0 N–H and O–H groups in total. The number of aryl methyl sites for hydroxylation is 2. The largest absolute Gasteiger partial charge is 0.456 e. The molecule has 3 nitrogen and oxygen atoms in total.